The second-order valence-electron chi connectivity index (χ2n) is 5.54. The van der Waals surface area contributed by atoms with Crippen LogP contribution in [0, 0.1) is 0 Å². The molecule has 0 saturated carbocycles. The van der Waals surface area contributed by atoms with Crippen LogP contribution in [0.5, 0.6) is 0 Å². The van der Waals surface area contributed by atoms with E-state index in [-0.39, 0.29) is 0 Å². The summed E-state index contributed by atoms with van der Waals surface area (Å²) in [6.45, 7) is 6.96. The predicted molar refractivity (Wildman–Crippen MR) is 72.7 cm³/mol. The number of piperidine rings is 1. The van der Waals surface area contributed by atoms with Crippen molar-refractivity contribution in [2.75, 3.05) is 20.1 Å². The van der Waals surface area contributed by atoms with Crippen molar-refractivity contribution in [1.82, 2.24) is 14.7 Å². The van der Waals surface area contributed by atoms with Gasteiger partial charge in [0, 0.05) is 25.2 Å². The van der Waals surface area contributed by atoms with Gasteiger partial charge >= 0.3 is 0 Å². The minimum atomic E-state index is -0.578. The van der Waals surface area contributed by atoms with Crippen molar-refractivity contribution in [3.63, 3.8) is 0 Å². The Morgan fingerprint density at radius 1 is 1.44 bits per heavy atom. The van der Waals surface area contributed by atoms with Crippen molar-refractivity contribution in [3.05, 3.63) is 17.5 Å². The van der Waals surface area contributed by atoms with E-state index in [2.05, 4.69) is 37.0 Å². The number of aryl methyl sites for hydroxylation is 2. The molecule has 1 aliphatic heterocycles. The van der Waals surface area contributed by atoms with Gasteiger partial charge in [0.25, 0.3) is 0 Å². The minimum absolute atomic E-state index is 0.578. The van der Waals surface area contributed by atoms with Crippen LogP contribution < -0.4 is 0 Å². The maximum absolute atomic E-state index is 10.7. The van der Waals surface area contributed by atoms with Gasteiger partial charge < -0.3 is 10.0 Å². The molecule has 0 spiro atoms. The summed E-state index contributed by atoms with van der Waals surface area (Å²) in [7, 11) is 2.08. The zero-order chi connectivity index (χ0) is 13.2. The molecule has 1 aliphatic rings. The fraction of sp³-hybridized carbons (Fsp3) is 0.786. The van der Waals surface area contributed by atoms with Crippen molar-refractivity contribution >= 4 is 0 Å². The van der Waals surface area contributed by atoms with E-state index in [1.165, 1.54) is 5.69 Å². The molecule has 2 heterocycles. The highest BCUT2D eigenvalue weighted by Crippen LogP contribution is 2.25. The highest BCUT2D eigenvalue weighted by molar-refractivity contribution is 5.13. The fourth-order valence-electron chi connectivity index (χ4n) is 2.92. The SMILES string of the molecule is CCc1cc(CC2(O)CCCN(C)C2)n(CC)n1. The van der Waals surface area contributed by atoms with Gasteiger partial charge in [-0.05, 0) is 45.8 Å². The van der Waals surface area contributed by atoms with Crippen LogP contribution >= 0.6 is 0 Å². The lowest BCUT2D eigenvalue weighted by molar-refractivity contribution is -0.0237. The van der Waals surface area contributed by atoms with Gasteiger partial charge in [-0.1, -0.05) is 6.92 Å². The Balaban J connectivity index is 2.14. The van der Waals surface area contributed by atoms with Gasteiger partial charge in [0.05, 0.1) is 11.3 Å². The number of aromatic nitrogens is 2. The summed E-state index contributed by atoms with van der Waals surface area (Å²) < 4.78 is 2.03. The van der Waals surface area contributed by atoms with E-state index in [0.29, 0.717) is 0 Å². The van der Waals surface area contributed by atoms with E-state index < -0.39 is 5.60 Å². The van der Waals surface area contributed by atoms with Crippen LogP contribution in [-0.4, -0.2) is 45.5 Å². The molecule has 0 amide bonds. The third-order valence-electron chi connectivity index (χ3n) is 3.83. The summed E-state index contributed by atoms with van der Waals surface area (Å²) in [4.78, 5) is 2.22. The first kappa shape index (κ1) is 13.6. The molecule has 1 N–H and O–H groups in total. The molecule has 0 aliphatic carbocycles. The lowest BCUT2D eigenvalue weighted by Gasteiger charge is -2.37. The number of likely N-dealkylation sites (N-methyl/N-ethyl adjacent to an activating group) is 1. The van der Waals surface area contributed by atoms with E-state index in [1.54, 1.807) is 0 Å². The number of aliphatic hydroxyl groups is 1. The van der Waals surface area contributed by atoms with E-state index in [0.717, 1.165) is 51.0 Å². The Kier molecular flexibility index (Phi) is 4.07. The third-order valence-corrected chi connectivity index (χ3v) is 3.83. The van der Waals surface area contributed by atoms with Gasteiger partial charge in [-0.15, -0.1) is 0 Å². The van der Waals surface area contributed by atoms with Crippen LogP contribution in [0.3, 0.4) is 0 Å². The van der Waals surface area contributed by atoms with Crippen molar-refractivity contribution in [2.24, 2.45) is 0 Å². The van der Waals surface area contributed by atoms with E-state index in [4.69, 9.17) is 0 Å². The van der Waals surface area contributed by atoms with Crippen molar-refractivity contribution in [3.8, 4) is 0 Å². The second-order valence-corrected chi connectivity index (χ2v) is 5.54. The van der Waals surface area contributed by atoms with Gasteiger partial charge in [-0.3, -0.25) is 4.68 Å². The zero-order valence-corrected chi connectivity index (χ0v) is 11.8. The van der Waals surface area contributed by atoms with Crippen molar-refractivity contribution in [2.45, 2.75) is 51.7 Å². The van der Waals surface area contributed by atoms with Crippen LogP contribution in [0.1, 0.15) is 38.1 Å². The molecule has 4 heteroatoms. The molecule has 102 valence electrons. The molecule has 1 aromatic rings. The molecular formula is C14H25N3O. The molecule has 1 aromatic heterocycles. The van der Waals surface area contributed by atoms with E-state index >= 15 is 0 Å². The molecule has 1 fully saturated rings. The standard InChI is InChI=1S/C14H25N3O/c1-4-12-9-13(17(5-2)15-12)10-14(18)7-6-8-16(3)11-14/h9,18H,4-8,10-11H2,1-3H3. The first-order valence-electron chi connectivity index (χ1n) is 7.03. The molecule has 0 bridgehead atoms. The quantitative estimate of drug-likeness (QED) is 0.881. The van der Waals surface area contributed by atoms with Gasteiger partial charge in [-0.25, -0.2) is 0 Å². The second kappa shape index (κ2) is 5.41. The first-order chi connectivity index (χ1) is 8.56. The van der Waals surface area contributed by atoms with Gasteiger partial charge in [0.1, 0.15) is 0 Å². The highest BCUT2D eigenvalue weighted by atomic mass is 16.3. The Hall–Kier alpha value is -0.870. The molecule has 1 atom stereocenters. The molecule has 1 saturated heterocycles. The fourth-order valence-corrected chi connectivity index (χ4v) is 2.92. The minimum Gasteiger partial charge on any atom is -0.388 e. The zero-order valence-electron chi connectivity index (χ0n) is 11.8. The van der Waals surface area contributed by atoms with E-state index in [1.807, 2.05) is 4.68 Å². The van der Waals surface area contributed by atoms with Gasteiger partial charge in [-0.2, -0.15) is 5.10 Å². The lowest BCUT2D eigenvalue weighted by atomic mass is 9.88. The normalized spacial score (nSPS) is 25.6. The maximum Gasteiger partial charge on any atom is 0.0829 e. The number of rotatable bonds is 4. The molecule has 4 nitrogen and oxygen atoms in total. The summed E-state index contributed by atoms with van der Waals surface area (Å²) in [5, 5.41) is 15.3. The highest BCUT2D eigenvalue weighted by Gasteiger charge is 2.33. The molecule has 1 unspecified atom stereocenters. The number of hydrogen-bond donors (Lipinski definition) is 1. The van der Waals surface area contributed by atoms with Gasteiger partial charge in [0.15, 0.2) is 0 Å². The van der Waals surface area contributed by atoms with Crippen LogP contribution in [-0.2, 0) is 19.4 Å². The third kappa shape index (κ3) is 2.93. The Morgan fingerprint density at radius 3 is 2.83 bits per heavy atom. The number of nitrogens with zero attached hydrogens (tertiary/aromatic N) is 3. The smallest absolute Gasteiger partial charge is 0.0829 e. The summed E-state index contributed by atoms with van der Waals surface area (Å²) in [6.07, 6.45) is 3.65. The first-order valence-corrected chi connectivity index (χ1v) is 7.03. The van der Waals surface area contributed by atoms with Crippen LogP contribution in [0.2, 0.25) is 0 Å². The molecule has 0 aromatic carbocycles. The molecule has 18 heavy (non-hydrogen) atoms. The lowest BCUT2D eigenvalue weighted by Crippen LogP contribution is -2.48. The molecule has 0 radical (unpaired) electrons. The Morgan fingerprint density at radius 2 is 2.22 bits per heavy atom. The monoisotopic (exact) mass is 251 g/mol. The van der Waals surface area contributed by atoms with Crippen LogP contribution in [0.4, 0.5) is 0 Å². The largest absolute Gasteiger partial charge is 0.388 e. The van der Waals surface area contributed by atoms with Crippen molar-refractivity contribution in [1.29, 1.82) is 0 Å². The summed E-state index contributed by atoms with van der Waals surface area (Å²) >= 11 is 0. The predicted octanol–water partition coefficient (Wildman–Crippen LogP) is 1.46. The summed E-state index contributed by atoms with van der Waals surface area (Å²) in [6, 6.07) is 2.15. The summed E-state index contributed by atoms with van der Waals surface area (Å²) in [5.41, 5.74) is 1.72. The van der Waals surface area contributed by atoms with Crippen molar-refractivity contribution < 1.29 is 5.11 Å². The average Bonchev–Trinajstić information content (AvgIpc) is 2.70. The van der Waals surface area contributed by atoms with Crippen LogP contribution in [0.15, 0.2) is 6.07 Å². The average molecular weight is 251 g/mol. The van der Waals surface area contributed by atoms with Gasteiger partial charge in [0.2, 0.25) is 0 Å². The topological polar surface area (TPSA) is 41.3 Å². The Labute approximate surface area is 110 Å². The Bertz CT molecular complexity index is 402. The molecule has 2 rings (SSSR count). The molecular weight excluding hydrogens is 226 g/mol. The number of hydrogen-bond acceptors (Lipinski definition) is 3. The number of β-amino-alcohol motifs (C(OH)–C–C–N with tert-alkyl or cyclic N) is 1. The number of likely N-dealkylation sites (tertiary alicyclic amines) is 1. The summed E-state index contributed by atoms with van der Waals surface area (Å²) in [5.74, 6) is 0. The van der Waals surface area contributed by atoms with E-state index in [9.17, 15) is 5.11 Å². The maximum atomic E-state index is 10.7. The van der Waals surface area contributed by atoms with Crippen LogP contribution in [0.25, 0.3) is 0 Å².